The highest BCUT2D eigenvalue weighted by molar-refractivity contribution is 5.88. The van der Waals surface area contributed by atoms with Gasteiger partial charge < -0.3 is 14.2 Å². The largest absolute Gasteiger partial charge is 0.469 e. The van der Waals surface area contributed by atoms with Gasteiger partial charge in [-0.3, -0.25) is 14.4 Å². The normalized spacial score (nSPS) is 21.0. The van der Waals surface area contributed by atoms with E-state index in [-0.39, 0.29) is 12.8 Å². The van der Waals surface area contributed by atoms with Crippen molar-refractivity contribution in [2.24, 2.45) is 5.92 Å². The molecule has 6 heteroatoms. The lowest BCUT2D eigenvalue weighted by Crippen LogP contribution is -2.34. The molecule has 0 saturated carbocycles. The van der Waals surface area contributed by atoms with E-state index >= 15 is 0 Å². The second-order valence-corrected chi connectivity index (χ2v) is 3.14. The molecule has 1 saturated heterocycles. The highest BCUT2D eigenvalue weighted by atomic mass is 16.6. The topological polar surface area (TPSA) is 78.9 Å². The maximum Gasteiger partial charge on any atom is 0.322 e. The Morgan fingerprint density at radius 3 is 2.44 bits per heavy atom. The van der Waals surface area contributed by atoms with Gasteiger partial charge in [-0.2, -0.15) is 0 Å². The third kappa shape index (κ3) is 2.82. The first-order chi connectivity index (χ1) is 7.58. The number of hydrogen-bond acceptors (Lipinski definition) is 6. The molecule has 6 nitrogen and oxygen atoms in total. The first kappa shape index (κ1) is 12.2. The molecule has 0 N–H and O–H groups in total. The van der Waals surface area contributed by atoms with Gasteiger partial charge in [0, 0.05) is 0 Å². The number of esters is 3. The molecule has 16 heavy (non-hydrogen) atoms. The molecule has 1 fully saturated rings. The van der Waals surface area contributed by atoms with Gasteiger partial charge in [-0.15, -0.1) is 0 Å². The minimum Gasteiger partial charge on any atom is -0.469 e. The average molecular weight is 228 g/mol. The predicted molar refractivity (Wildman–Crippen MR) is 50.9 cm³/mol. The smallest absolute Gasteiger partial charge is 0.322 e. The van der Waals surface area contributed by atoms with Crippen LogP contribution < -0.4 is 0 Å². The van der Waals surface area contributed by atoms with E-state index in [0.29, 0.717) is 5.76 Å². The van der Waals surface area contributed by atoms with Crippen LogP contribution in [0.2, 0.25) is 0 Å². The fourth-order valence-corrected chi connectivity index (χ4v) is 1.20. The Bertz CT molecular complexity index is 343. The van der Waals surface area contributed by atoms with E-state index in [1.165, 1.54) is 20.3 Å². The van der Waals surface area contributed by atoms with Gasteiger partial charge >= 0.3 is 17.9 Å². The van der Waals surface area contributed by atoms with Crippen LogP contribution in [0.4, 0.5) is 0 Å². The summed E-state index contributed by atoms with van der Waals surface area (Å²) in [6, 6.07) is 0. The zero-order chi connectivity index (χ0) is 12.1. The lowest BCUT2D eigenvalue weighted by molar-refractivity contribution is -0.162. The maximum atomic E-state index is 11.0. The van der Waals surface area contributed by atoms with Gasteiger partial charge in [-0.05, 0) is 6.08 Å². The van der Waals surface area contributed by atoms with E-state index < -0.39 is 23.8 Å². The Balaban J connectivity index is 2.52. The van der Waals surface area contributed by atoms with Gasteiger partial charge in [0.15, 0.2) is 0 Å². The lowest BCUT2D eigenvalue weighted by atomic mass is 9.97. The quantitative estimate of drug-likeness (QED) is 0.504. The zero-order valence-electron chi connectivity index (χ0n) is 9.02. The number of carbonyl (C=O) groups excluding carboxylic acids is 3. The summed E-state index contributed by atoms with van der Waals surface area (Å²) in [5, 5.41) is 0. The van der Waals surface area contributed by atoms with Crippen LogP contribution >= 0.6 is 0 Å². The average Bonchev–Trinajstić information content (AvgIpc) is 2.30. The third-order valence-corrected chi connectivity index (χ3v) is 2.14. The fraction of sp³-hybridized carbons (Fsp3) is 0.500. The van der Waals surface area contributed by atoms with Crippen molar-refractivity contribution in [3.05, 3.63) is 11.8 Å². The van der Waals surface area contributed by atoms with Crippen LogP contribution in [0.5, 0.6) is 0 Å². The van der Waals surface area contributed by atoms with Crippen LogP contribution in [0, 0.1) is 5.92 Å². The Hall–Kier alpha value is -1.85. The molecule has 0 radical (unpaired) electrons. The summed E-state index contributed by atoms with van der Waals surface area (Å²) in [6.45, 7) is 0. The number of ether oxygens (including phenoxy) is 3. The number of carbonyl (C=O) groups is 3. The molecule has 0 aromatic rings. The zero-order valence-corrected chi connectivity index (χ0v) is 9.02. The molecule has 1 atom stereocenters. The molecule has 1 aliphatic heterocycles. The first-order valence-electron chi connectivity index (χ1n) is 4.63. The van der Waals surface area contributed by atoms with Crippen LogP contribution in [-0.4, -0.2) is 32.1 Å². The number of rotatable bonds is 4. The van der Waals surface area contributed by atoms with Gasteiger partial charge in [0.2, 0.25) is 0 Å². The van der Waals surface area contributed by atoms with Crippen molar-refractivity contribution in [1.29, 1.82) is 0 Å². The lowest BCUT2D eigenvalue weighted by Gasteiger charge is -2.26. The summed E-state index contributed by atoms with van der Waals surface area (Å²) in [5.74, 6) is -1.72. The van der Waals surface area contributed by atoms with Crippen LogP contribution in [-0.2, 0) is 28.6 Å². The van der Waals surface area contributed by atoms with Crippen molar-refractivity contribution >= 4 is 17.9 Å². The van der Waals surface area contributed by atoms with Crippen molar-refractivity contribution in [3.63, 3.8) is 0 Å². The van der Waals surface area contributed by atoms with Gasteiger partial charge in [0.25, 0.3) is 0 Å². The molecule has 88 valence electrons. The fourth-order valence-electron chi connectivity index (χ4n) is 1.20. The first-order valence-corrected chi connectivity index (χ1v) is 4.63. The minimum atomic E-state index is -0.628. The molecule has 0 aromatic carbocycles. The molecule has 0 spiro atoms. The molecule has 1 heterocycles. The Kier molecular flexibility index (Phi) is 4.04. The molecule has 0 aliphatic carbocycles. The molecular formula is C10H12O6. The van der Waals surface area contributed by atoms with Crippen molar-refractivity contribution in [3.8, 4) is 0 Å². The SMILES string of the molecule is COC(=O)C/C=C1\OC(=O)C1CC(=O)OC. The molecule has 0 aromatic heterocycles. The molecule has 0 amide bonds. The van der Waals surface area contributed by atoms with Gasteiger partial charge in [0.05, 0.1) is 27.1 Å². The van der Waals surface area contributed by atoms with Crippen molar-refractivity contribution in [2.75, 3.05) is 14.2 Å². The maximum absolute atomic E-state index is 11.0. The van der Waals surface area contributed by atoms with Crippen molar-refractivity contribution < 1.29 is 28.6 Å². The molecule has 0 bridgehead atoms. The van der Waals surface area contributed by atoms with E-state index in [4.69, 9.17) is 4.74 Å². The second-order valence-electron chi connectivity index (χ2n) is 3.14. The summed E-state index contributed by atoms with van der Waals surface area (Å²) in [6.07, 6.45) is 1.37. The molecule has 1 aliphatic rings. The third-order valence-electron chi connectivity index (χ3n) is 2.14. The summed E-state index contributed by atoms with van der Waals surface area (Å²) < 4.78 is 13.6. The molecule has 1 unspecified atom stereocenters. The molecular weight excluding hydrogens is 216 g/mol. The Morgan fingerprint density at radius 2 is 1.94 bits per heavy atom. The van der Waals surface area contributed by atoms with Gasteiger partial charge in [-0.1, -0.05) is 0 Å². The van der Waals surface area contributed by atoms with E-state index in [1.807, 2.05) is 0 Å². The van der Waals surface area contributed by atoms with Crippen LogP contribution in [0.3, 0.4) is 0 Å². The van der Waals surface area contributed by atoms with E-state index in [2.05, 4.69) is 9.47 Å². The number of hydrogen-bond donors (Lipinski definition) is 0. The van der Waals surface area contributed by atoms with Gasteiger partial charge in [0.1, 0.15) is 11.7 Å². The van der Waals surface area contributed by atoms with E-state index in [1.54, 1.807) is 0 Å². The van der Waals surface area contributed by atoms with E-state index in [0.717, 1.165) is 0 Å². The van der Waals surface area contributed by atoms with E-state index in [9.17, 15) is 14.4 Å². The van der Waals surface area contributed by atoms with Gasteiger partial charge in [-0.25, -0.2) is 0 Å². The minimum absolute atomic E-state index is 0.0107. The molecule has 1 rings (SSSR count). The second kappa shape index (κ2) is 5.29. The summed E-state index contributed by atoms with van der Waals surface area (Å²) in [4.78, 5) is 32.8. The summed E-state index contributed by atoms with van der Waals surface area (Å²) in [7, 11) is 2.50. The Morgan fingerprint density at radius 1 is 1.31 bits per heavy atom. The summed E-state index contributed by atoms with van der Waals surface area (Å²) >= 11 is 0. The standard InChI is InChI=1S/C10H12O6/c1-14-8(11)4-3-7-6(10(13)16-7)5-9(12)15-2/h3,6H,4-5H2,1-2H3/b7-3-. The monoisotopic (exact) mass is 228 g/mol. The van der Waals surface area contributed by atoms with Crippen molar-refractivity contribution in [2.45, 2.75) is 12.8 Å². The Labute approximate surface area is 92.2 Å². The van der Waals surface area contributed by atoms with Crippen LogP contribution in [0.15, 0.2) is 11.8 Å². The highest BCUT2D eigenvalue weighted by Crippen LogP contribution is 2.30. The summed E-state index contributed by atoms with van der Waals surface area (Å²) in [5.41, 5.74) is 0. The van der Waals surface area contributed by atoms with Crippen LogP contribution in [0.25, 0.3) is 0 Å². The number of methoxy groups -OCH3 is 2. The van der Waals surface area contributed by atoms with Crippen molar-refractivity contribution in [1.82, 2.24) is 0 Å². The van der Waals surface area contributed by atoms with Crippen LogP contribution in [0.1, 0.15) is 12.8 Å². The number of cyclic esters (lactones) is 1. The highest BCUT2D eigenvalue weighted by Gasteiger charge is 2.39. The predicted octanol–water partition coefficient (Wildman–Crippen LogP) is 0.169.